The molecular weight excluding hydrogens is 496 g/mol. The lowest BCUT2D eigenvalue weighted by molar-refractivity contribution is -0.167. The molecule has 0 saturated heterocycles. The van der Waals surface area contributed by atoms with E-state index in [9.17, 15) is 9.90 Å². The Labute approximate surface area is 246 Å². The molecule has 0 aromatic heterocycles. The Morgan fingerprint density at radius 2 is 1.68 bits per heavy atom. The first kappa shape index (κ1) is 32.2. The van der Waals surface area contributed by atoms with E-state index in [1.165, 1.54) is 51.4 Å². The number of hydrogen-bond acceptors (Lipinski definition) is 5. The molecule has 5 N–H and O–H groups in total. The van der Waals surface area contributed by atoms with E-state index in [4.69, 9.17) is 5.73 Å². The number of rotatable bonds is 14. The Morgan fingerprint density at radius 1 is 0.975 bits per heavy atom. The topological polar surface area (TPSA) is 90.6 Å². The number of carbonyl (C=O) groups is 1. The number of nitrogens with two attached hydrogens (primary N) is 1. The Kier molecular flexibility index (Phi) is 11.4. The van der Waals surface area contributed by atoms with E-state index in [-0.39, 0.29) is 6.10 Å². The lowest BCUT2D eigenvalue weighted by Crippen LogP contribution is -2.59. The van der Waals surface area contributed by atoms with Gasteiger partial charge in [0.15, 0.2) is 0 Å². The van der Waals surface area contributed by atoms with Crippen LogP contribution in [0, 0.1) is 46.3 Å². The largest absolute Gasteiger partial charge is 0.393 e. The Hall–Kier alpha value is -0.690. The van der Waals surface area contributed by atoms with Crippen molar-refractivity contribution in [2.45, 2.75) is 124 Å². The molecule has 4 aliphatic carbocycles. The van der Waals surface area contributed by atoms with Crippen molar-refractivity contribution < 1.29 is 9.90 Å². The fourth-order valence-corrected chi connectivity index (χ4v) is 10.5. The number of aliphatic hydroxyl groups excluding tert-OH is 1. The highest BCUT2D eigenvalue weighted by Crippen LogP contribution is 2.68. The number of hydrogen-bond donors (Lipinski definition) is 4. The summed E-state index contributed by atoms with van der Waals surface area (Å²) in [6.45, 7) is 17.3. The average Bonchev–Trinajstić information content (AvgIpc) is 3.29. The maximum Gasteiger partial charge on any atom is 0.222 e. The van der Waals surface area contributed by atoms with E-state index in [1.807, 2.05) is 4.90 Å². The van der Waals surface area contributed by atoms with E-state index < -0.39 is 0 Å². The van der Waals surface area contributed by atoms with Gasteiger partial charge >= 0.3 is 0 Å². The van der Waals surface area contributed by atoms with Crippen molar-refractivity contribution in [3.8, 4) is 0 Å². The van der Waals surface area contributed by atoms with Gasteiger partial charge in [-0.15, -0.1) is 0 Å². The van der Waals surface area contributed by atoms with Crippen LogP contribution in [-0.2, 0) is 4.79 Å². The molecule has 0 heterocycles. The first-order valence-electron chi connectivity index (χ1n) is 17.3. The number of aliphatic hydroxyl groups is 1. The zero-order valence-corrected chi connectivity index (χ0v) is 26.7. The van der Waals surface area contributed by atoms with Crippen LogP contribution >= 0.6 is 0 Å². The molecule has 6 nitrogen and oxygen atoms in total. The minimum Gasteiger partial charge on any atom is -0.393 e. The standard InChI is InChI=1S/C34H64N4O2/c1-6-38(7-2)31(40)13-10-24(3)27-11-12-28-32-29(15-17-34(27,28)5)33(4)16-14-26(22-25(33)23-30(32)39)37-21-9-20-36-19-8-18-35/h24-30,32,36-37,39H,6-23,35H2,1-5H3/t24-,25?,26+,27-,28?,29?,30-,32?,33+,34-/m1/s1. The Bertz CT molecular complexity index is 805. The van der Waals surface area contributed by atoms with Crippen LogP contribution in [0.5, 0.6) is 0 Å². The third-order valence-corrected chi connectivity index (χ3v) is 12.9. The van der Waals surface area contributed by atoms with E-state index in [2.05, 4.69) is 45.3 Å². The molecule has 40 heavy (non-hydrogen) atoms. The molecule has 4 saturated carbocycles. The molecule has 0 bridgehead atoms. The van der Waals surface area contributed by atoms with Crippen molar-refractivity contribution in [1.82, 2.24) is 15.5 Å². The zero-order valence-electron chi connectivity index (χ0n) is 26.7. The van der Waals surface area contributed by atoms with Crippen LogP contribution in [0.3, 0.4) is 0 Å². The number of carbonyl (C=O) groups excluding carboxylic acids is 1. The normalized spacial score (nSPS) is 39.7. The van der Waals surface area contributed by atoms with Gasteiger partial charge in [0.25, 0.3) is 0 Å². The van der Waals surface area contributed by atoms with Crippen LogP contribution in [0.25, 0.3) is 0 Å². The molecule has 0 spiro atoms. The summed E-state index contributed by atoms with van der Waals surface area (Å²) >= 11 is 0. The van der Waals surface area contributed by atoms with Crippen LogP contribution in [-0.4, -0.2) is 67.3 Å². The van der Waals surface area contributed by atoms with Crippen molar-refractivity contribution in [3.05, 3.63) is 0 Å². The molecule has 0 aliphatic heterocycles. The summed E-state index contributed by atoms with van der Waals surface area (Å²) in [7, 11) is 0. The first-order chi connectivity index (χ1) is 19.2. The molecule has 4 aliphatic rings. The number of nitrogens with one attached hydrogen (secondary N) is 2. The number of nitrogens with zero attached hydrogens (tertiary/aromatic N) is 1. The second-order valence-electron chi connectivity index (χ2n) is 14.8. The smallest absolute Gasteiger partial charge is 0.222 e. The van der Waals surface area contributed by atoms with Crippen LogP contribution in [0.1, 0.15) is 112 Å². The Balaban J connectivity index is 1.33. The van der Waals surface area contributed by atoms with Crippen LogP contribution < -0.4 is 16.4 Å². The van der Waals surface area contributed by atoms with E-state index >= 15 is 0 Å². The predicted octanol–water partition coefficient (Wildman–Crippen LogP) is 5.19. The summed E-state index contributed by atoms with van der Waals surface area (Å²) in [6.07, 6.45) is 13.8. The molecule has 4 fully saturated rings. The molecule has 1 amide bonds. The summed E-state index contributed by atoms with van der Waals surface area (Å²) in [4.78, 5) is 14.7. The van der Waals surface area contributed by atoms with E-state index in [0.29, 0.717) is 64.7 Å². The summed E-state index contributed by atoms with van der Waals surface area (Å²) in [6, 6.07) is 0.607. The molecule has 6 heteroatoms. The predicted molar refractivity (Wildman–Crippen MR) is 166 cm³/mol. The Morgan fingerprint density at radius 3 is 2.40 bits per heavy atom. The highest BCUT2D eigenvalue weighted by atomic mass is 16.3. The van der Waals surface area contributed by atoms with Crippen molar-refractivity contribution in [1.29, 1.82) is 0 Å². The first-order valence-corrected chi connectivity index (χ1v) is 17.3. The fraction of sp³-hybridized carbons (Fsp3) is 0.971. The van der Waals surface area contributed by atoms with Gasteiger partial charge in [-0.1, -0.05) is 20.8 Å². The minimum atomic E-state index is -0.142. The maximum atomic E-state index is 12.7. The lowest BCUT2D eigenvalue weighted by atomic mass is 9.43. The van der Waals surface area contributed by atoms with Gasteiger partial charge in [0.1, 0.15) is 0 Å². The van der Waals surface area contributed by atoms with Gasteiger partial charge in [0.2, 0.25) is 5.91 Å². The lowest BCUT2D eigenvalue weighted by Gasteiger charge is -2.62. The van der Waals surface area contributed by atoms with Gasteiger partial charge in [-0.05, 0) is 157 Å². The molecule has 4 unspecified atom stereocenters. The fourth-order valence-electron chi connectivity index (χ4n) is 10.5. The van der Waals surface area contributed by atoms with Gasteiger partial charge in [-0.3, -0.25) is 4.79 Å². The average molecular weight is 561 g/mol. The summed E-state index contributed by atoms with van der Waals surface area (Å²) in [5, 5.41) is 19.1. The highest BCUT2D eigenvalue weighted by molar-refractivity contribution is 5.76. The monoisotopic (exact) mass is 561 g/mol. The van der Waals surface area contributed by atoms with Crippen LogP contribution in [0.4, 0.5) is 0 Å². The summed E-state index contributed by atoms with van der Waals surface area (Å²) < 4.78 is 0. The number of amides is 1. The molecule has 0 radical (unpaired) electrons. The molecule has 4 rings (SSSR count). The van der Waals surface area contributed by atoms with Gasteiger partial charge < -0.3 is 26.4 Å². The van der Waals surface area contributed by atoms with Gasteiger partial charge in [-0.2, -0.15) is 0 Å². The maximum absolute atomic E-state index is 12.7. The molecule has 232 valence electrons. The highest BCUT2D eigenvalue weighted by Gasteiger charge is 2.62. The van der Waals surface area contributed by atoms with Crippen molar-refractivity contribution >= 4 is 5.91 Å². The van der Waals surface area contributed by atoms with Gasteiger partial charge in [0, 0.05) is 25.6 Å². The summed E-state index contributed by atoms with van der Waals surface area (Å²) in [5.41, 5.74) is 6.29. The second kappa shape index (κ2) is 14.2. The third-order valence-electron chi connectivity index (χ3n) is 12.9. The minimum absolute atomic E-state index is 0.142. The number of fused-ring (bicyclic) bond motifs is 5. The van der Waals surface area contributed by atoms with E-state index in [0.717, 1.165) is 58.5 Å². The van der Waals surface area contributed by atoms with E-state index in [1.54, 1.807) is 0 Å². The molecule has 10 atom stereocenters. The molecule has 0 aromatic rings. The SMILES string of the molecule is CCN(CC)C(=O)CC[C@@H](C)[C@H]1CCC2C3C(CC[C@@]21C)[C@@]1(C)CC[C@H](NCCCNCCCN)CC1C[C@H]3O. The second-order valence-corrected chi connectivity index (χ2v) is 14.8. The van der Waals surface area contributed by atoms with Crippen molar-refractivity contribution in [3.63, 3.8) is 0 Å². The quantitative estimate of drug-likeness (QED) is 0.220. The van der Waals surface area contributed by atoms with Crippen LogP contribution in [0.2, 0.25) is 0 Å². The zero-order chi connectivity index (χ0) is 28.9. The van der Waals surface area contributed by atoms with Crippen molar-refractivity contribution in [2.24, 2.45) is 52.1 Å². The van der Waals surface area contributed by atoms with Crippen molar-refractivity contribution in [2.75, 3.05) is 39.3 Å². The molecular formula is C34H64N4O2. The summed E-state index contributed by atoms with van der Waals surface area (Å²) in [5.74, 6) is 4.02. The third kappa shape index (κ3) is 6.60. The van der Waals surface area contributed by atoms with Gasteiger partial charge in [0.05, 0.1) is 6.10 Å². The molecule has 0 aromatic carbocycles. The van der Waals surface area contributed by atoms with Gasteiger partial charge in [-0.25, -0.2) is 0 Å². The van der Waals surface area contributed by atoms with Crippen LogP contribution in [0.15, 0.2) is 0 Å².